The monoisotopic (exact) mass is 407 g/mol. The first-order chi connectivity index (χ1) is 13.1. The molecule has 0 radical (unpaired) electrons. The van der Waals surface area contributed by atoms with Crippen molar-refractivity contribution in [1.29, 1.82) is 0 Å². The maximum Gasteiger partial charge on any atom is 0.228 e. The number of aryl methyl sites for hydroxylation is 1. The second kappa shape index (κ2) is 7.83. The van der Waals surface area contributed by atoms with Crippen LogP contribution in [0.2, 0.25) is 0 Å². The molecule has 0 saturated carbocycles. The molecule has 2 fully saturated rings. The van der Waals surface area contributed by atoms with Crippen molar-refractivity contribution in [3.8, 4) is 0 Å². The Hall–Kier alpha value is -1.93. The van der Waals surface area contributed by atoms with Crippen molar-refractivity contribution in [2.24, 2.45) is 5.92 Å². The van der Waals surface area contributed by atoms with Gasteiger partial charge in [-0.25, -0.2) is 8.42 Å². The molecule has 2 amide bonds. The Morgan fingerprint density at radius 2 is 1.64 bits per heavy atom. The Balaban J connectivity index is 1.74. The van der Waals surface area contributed by atoms with Crippen LogP contribution >= 0.6 is 0 Å². The molecule has 2 aliphatic rings. The number of benzene rings is 1. The van der Waals surface area contributed by atoms with E-state index in [9.17, 15) is 18.0 Å². The van der Waals surface area contributed by atoms with E-state index in [-0.39, 0.29) is 24.3 Å². The standard InChI is InChI=1S/C20H29N3O4S/c1-14(2)28(26,27)23-11-9-22(10-12-23)20(25)17-13-18(24)21(4)19(17)16-7-5-15(3)6-8-16/h5-8,14,17,19H,9-13H2,1-4H3/t17-,19-/m0/s1. The predicted molar refractivity (Wildman–Crippen MR) is 107 cm³/mol. The fraction of sp³-hybridized carbons (Fsp3) is 0.600. The van der Waals surface area contributed by atoms with E-state index in [0.717, 1.165) is 11.1 Å². The van der Waals surface area contributed by atoms with Gasteiger partial charge < -0.3 is 9.80 Å². The average Bonchev–Trinajstić information content (AvgIpc) is 2.96. The molecule has 0 N–H and O–H groups in total. The number of likely N-dealkylation sites (tertiary alicyclic amines) is 1. The maximum atomic E-state index is 13.2. The van der Waals surface area contributed by atoms with Crippen LogP contribution < -0.4 is 0 Å². The maximum absolute atomic E-state index is 13.2. The van der Waals surface area contributed by atoms with Gasteiger partial charge in [0.2, 0.25) is 21.8 Å². The van der Waals surface area contributed by atoms with Gasteiger partial charge in [-0.1, -0.05) is 29.8 Å². The van der Waals surface area contributed by atoms with Gasteiger partial charge in [0.15, 0.2) is 0 Å². The van der Waals surface area contributed by atoms with Gasteiger partial charge in [0.05, 0.1) is 17.2 Å². The summed E-state index contributed by atoms with van der Waals surface area (Å²) in [4.78, 5) is 28.9. The smallest absolute Gasteiger partial charge is 0.228 e. The average molecular weight is 408 g/mol. The highest BCUT2D eigenvalue weighted by Crippen LogP contribution is 2.38. The van der Waals surface area contributed by atoms with Crippen LogP contribution in [0.15, 0.2) is 24.3 Å². The molecule has 0 unspecified atom stereocenters. The second-order valence-corrected chi connectivity index (χ2v) is 10.5. The van der Waals surface area contributed by atoms with E-state index in [4.69, 9.17) is 0 Å². The first-order valence-corrected chi connectivity index (χ1v) is 11.2. The van der Waals surface area contributed by atoms with Crippen LogP contribution in [0.4, 0.5) is 0 Å². The molecule has 3 rings (SSSR count). The molecule has 0 aliphatic carbocycles. The number of nitrogens with zero attached hydrogens (tertiary/aromatic N) is 3. The lowest BCUT2D eigenvalue weighted by Crippen LogP contribution is -2.53. The minimum atomic E-state index is -3.31. The zero-order valence-electron chi connectivity index (χ0n) is 17.0. The Labute approximate surface area is 167 Å². The summed E-state index contributed by atoms with van der Waals surface area (Å²) in [5, 5.41) is -0.471. The van der Waals surface area contributed by atoms with E-state index >= 15 is 0 Å². The fourth-order valence-corrected chi connectivity index (χ4v) is 5.27. The molecule has 0 aromatic heterocycles. The number of sulfonamides is 1. The Bertz CT molecular complexity index is 843. The Morgan fingerprint density at radius 3 is 2.18 bits per heavy atom. The third-order valence-corrected chi connectivity index (χ3v) is 8.10. The molecular weight excluding hydrogens is 378 g/mol. The molecule has 2 saturated heterocycles. The molecule has 1 aromatic rings. The van der Waals surface area contributed by atoms with Gasteiger partial charge in [0.25, 0.3) is 0 Å². The van der Waals surface area contributed by atoms with Crippen LogP contribution in [0.5, 0.6) is 0 Å². The zero-order valence-corrected chi connectivity index (χ0v) is 17.8. The van der Waals surface area contributed by atoms with Crippen molar-refractivity contribution < 1.29 is 18.0 Å². The first-order valence-electron chi connectivity index (χ1n) is 9.73. The van der Waals surface area contributed by atoms with Crippen molar-refractivity contribution in [2.45, 2.75) is 38.5 Å². The minimum Gasteiger partial charge on any atom is -0.340 e. The Kier molecular flexibility index (Phi) is 5.82. The summed E-state index contributed by atoms with van der Waals surface area (Å²) in [5.74, 6) is -0.539. The number of piperazine rings is 1. The van der Waals surface area contributed by atoms with Crippen molar-refractivity contribution in [3.63, 3.8) is 0 Å². The van der Waals surface area contributed by atoms with Crippen LogP contribution in [0.3, 0.4) is 0 Å². The van der Waals surface area contributed by atoms with E-state index in [1.54, 1.807) is 30.7 Å². The summed E-state index contributed by atoms with van der Waals surface area (Å²) in [6.07, 6.45) is 0.193. The quantitative estimate of drug-likeness (QED) is 0.756. The molecular formula is C20H29N3O4S. The van der Waals surface area contributed by atoms with Crippen LogP contribution in [-0.2, 0) is 19.6 Å². The van der Waals surface area contributed by atoms with Gasteiger partial charge in [-0.05, 0) is 26.3 Å². The van der Waals surface area contributed by atoms with Crippen molar-refractivity contribution in [1.82, 2.24) is 14.1 Å². The summed E-state index contributed by atoms with van der Waals surface area (Å²) in [7, 11) is -1.57. The molecule has 154 valence electrons. The topological polar surface area (TPSA) is 78.0 Å². The Morgan fingerprint density at radius 1 is 1.07 bits per heavy atom. The van der Waals surface area contributed by atoms with Gasteiger partial charge in [0.1, 0.15) is 0 Å². The lowest BCUT2D eigenvalue weighted by Gasteiger charge is -2.37. The van der Waals surface area contributed by atoms with E-state index in [2.05, 4.69) is 0 Å². The SMILES string of the molecule is Cc1ccc([C@H]2[C@@H](C(=O)N3CCN(S(=O)(=O)C(C)C)CC3)CC(=O)N2C)cc1. The van der Waals surface area contributed by atoms with Gasteiger partial charge in [-0.3, -0.25) is 9.59 Å². The summed E-state index contributed by atoms with van der Waals surface area (Å²) >= 11 is 0. The van der Waals surface area contributed by atoms with Crippen LogP contribution in [-0.4, -0.2) is 72.8 Å². The predicted octanol–water partition coefficient (Wildman–Crippen LogP) is 1.40. The molecule has 0 spiro atoms. The van der Waals surface area contributed by atoms with Crippen molar-refractivity contribution in [3.05, 3.63) is 35.4 Å². The van der Waals surface area contributed by atoms with Gasteiger partial charge in [0, 0.05) is 39.6 Å². The highest BCUT2D eigenvalue weighted by atomic mass is 32.2. The highest BCUT2D eigenvalue weighted by molar-refractivity contribution is 7.89. The van der Waals surface area contributed by atoms with Gasteiger partial charge in [-0.15, -0.1) is 0 Å². The molecule has 2 aliphatic heterocycles. The van der Waals surface area contributed by atoms with Gasteiger partial charge in [-0.2, -0.15) is 4.31 Å². The van der Waals surface area contributed by atoms with E-state index in [0.29, 0.717) is 26.2 Å². The number of amides is 2. The van der Waals surface area contributed by atoms with E-state index in [1.165, 1.54) is 4.31 Å². The molecule has 2 atom stereocenters. The summed E-state index contributed by atoms with van der Waals surface area (Å²) in [6.45, 7) is 6.66. The second-order valence-electron chi connectivity index (χ2n) is 7.99. The molecule has 28 heavy (non-hydrogen) atoms. The lowest BCUT2D eigenvalue weighted by molar-refractivity contribution is -0.137. The molecule has 1 aromatic carbocycles. The van der Waals surface area contributed by atoms with Crippen LogP contribution in [0, 0.1) is 12.8 Å². The largest absolute Gasteiger partial charge is 0.340 e. The van der Waals surface area contributed by atoms with E-state index in [1.807, 2.05) is 31.2 Å². The van der Waals surface area contributed by atoms with Crippen LogP contribution in [0.1, 0.15) is 37.4 Å². The van der Waals surface area contributed by atoms with Crippen LogP contribution in [0.25, 0.3) is 0 Å². The first kappa shape index (κ1) is 20.8. The van der Waals surface area contributed by atoms with E-state index < -0.39 is 21.2 Å². The minimum absolute atomic E-state index is 0.0371. The zero-order chi connectivity index (χ0) is 20.6. The number of rotatable bonds is 4. The third-order valence-electron chi connectivity index (χ3n) is 5.83. The number of carbonyl (C=O) groups is 2. The third kappa shape index (κ3) is 3.80. The fourth-order valence-electron chi connectivity index (χ4n) is 4.01. The highest BCUT2D eigenvalue weighted by Gasteiger charge is 2.45. The summed E-state index contributed by atoms with van der Waals surface area (Å²) < 4.78 is 26.1. The molecule has 0 bridgehead atoms. The number of carbonyl (C=O) groups excluding carboxylic acids is 2. The van der Waals surface area contributed by atoms with Crippen molar-refractivity contribution in [2.75, 3.05) is 33.2 Å². The molecule has 8 heteroatoms. The number of hydrogen-bond acceptors (Lipinski definition) is 4. The molecule has 2 heterocycles. The lowest BCUT2D eigenvalue weighted by atomic mass is 9.91. The number of hydrogen-bond donors (Lipinski definition) is 0. The molecule has 7 nitrogen and oxygen atoms in total. The van der Waals surface area contributed by atoms with Gasteiger partial charge >= 0.3 is 0 Å². The van der Waals surface area contributed by atoms with Crippen molar-refractivity contribution >= 4 is 21.8 Å². The summed E-state index contributed by atoms with van der Waals surface area (Å²) in [6, 6.07) is 7.65. The normalized spacial score (nSPS) is 24.2. The summed E-state index contributed by atoms with van der Waals surface area (Å²) in [5.41, 5.74) is 2.08.